The Bertz CT molecular complexity index is 144. The van der Waals surface area contributed by atoms with Gasteiger partial charge in [0.1, 0.15) is 6.10 Å². The largest absolute Gasteiger partial charge is 0.370 e. The minimum atomic E-state index is -0.243. The van der Waals surface area contributed by atoms with Crippen LogP contribution in [0, 0.1) is 5.41 Å². The van der Waals surface area contributed by atoms with E-state index in [1.54, 1.807) is 0 Å². The summed E-state index contributed by atoms with van der Waals surface area (Å²) in [5.41, 5.74) is -0.0803. The predicted octanol–water partition coefficient (Wildman–Crippen LogP) is 2.42. The van der Waals surface area contributed by atoms with E-state index < -0.39 is 0 Å². The van der Waals surface area contributed by atoms with Crippen LogP contribution in [0.5, 0.6) is 0 Å². The molecule has 0 fully saturated rings. The maximum absolute atomic E-state index is 11.4. The van der Waals surface area contributed by atoms with Crippen molar-refractivity contribution >= 4 is 5.78 Å². The van der Waals surface area contributed by atoms with Gasteiger partial charge in [-0.05, 0) is 12.3 Å². The van der Waals surface area contributed by atoms with Crippen LogP contribution in [0.4, 0.5) is 0 Å². The van der Waals surface area contributed by atoms with E-state index in [2.05, 4.69) is 0 Å². The second kappa shape index (κ2) is 4.61. The number of carbonyl (C=O) groups excluding carboxylic acids is 1. The zero-order valence-corrected chi connectivity index (χ0v) is 8.81. The van der Waals surface area contributed by atoms with Crippen LogP contribution in [-0.2, 0) is 9.53 Å². The van der Waals surface area contributed by atoms with E-state index in [1.165, 1.54) is 0 Å². The highest BCUT2D eigenvalue weighted by molar-refractivity contribution is 5.83. The van der Waals surface area contributed by atoms with E-state index in [1.807, 2.05) is 34.6 Å². The summed E-state index contributed by atoms with van der Waals surface area (Å²) in [6, 6.07) is 0. The van der Waals surface area contributed by atoms with Crippen molar-refractivity contribution in [2.24, 2.45) is 5.41 Å². The van der Waals surface area contributed by atoms with Crippen LogP contribution in [0.1, 0.15) is 41.0 Å². The Kier molecular flexibility index (Phi) is 4.46. The molecule has 0 saturated heterocycles. The molecule has 2 nitrogen and oxygen atoms in total. The molecule has 72 valence electrons. The molecule has 0 aromatic rings. The highest BCUT2D eigenvalue weighted by atomic mass is 16.5. The summed E-state index contributed by atoms with van der Waals surface area (Å²) >= 11 is 0. The molecule has 0 aromatic heterocycles. The first-order valence-electron chi connectivity index (χ1n) is 4.57. The molecule has 0 spiro atoms. The Labute approximate surface area is 75.3 Å². The van der Waals surface area contributed by atoms with Crippen LogP contribution in [0.3, 0.4) is 0 Å². The van der Waals surface area contributed by atoms with Crippen molar-refractivity contribution in [2.75, 3.05) is 6.61 Å². The van der Waals surface area contributed by atoms with E-state index in [0.29, 0.717) is 13.0 Å². The monoisotopic (exact) mass is 172 g/mol. The molecule has 0 radical (unpaired) electrons. The molecular formula is C10H20O2. The third kappa shape index (κ3) is 3.35. The van der Waals surface area contributed by atoms with Gasteiger partial charge in [-0.2, -0.15) is 0 Å². The average molecular weight is 172 g/mol. The van der Waals surface area contributed by atoms with Crippen LogP contribution in [0.25, 0.3) is 0 Å². The fourth-order valence-corrected chi connectivity index (χ4v) is 1.18. The molecule has 1 atom stereocenters. The first kappa shape index (κ1) is 11.6. The molecule has 0 N–H and O–H groups in total. The number of ether oxygens (including phenoxy) is 1. The van der Waals surface area contributed by atoms with Crippen molar-refractivity contribution in [1.82, 2.24) is 0 Å². The van der Waals surface area contributed by atoms with Crippen molar-refractivity contribution in [2.45, 2.75) is 47.1 Å². The van der Waals surface area contributed by atoms with Crippen molar-refractivity contribution in [3.63, 3.8) is 0 Å². The van der Waals surface area contributed by atoms with E-state index in [4.69, 9.17) is 4.74 Å². The highest BCUT2D eigenvalue weighted by Crippen LogP contribution is 2.23. The van der Waals surface area contributed by atoms with Gasteiger partial charge in [-0.3, -0.25) is 4.79 Å². The van der Waals surface area contributed by atoms with Gasteiger partial charge in [0.2, 0.25) is 0 Å². The van der Waals surface area contributed by atoms with E-state index in [-0.39, 0.29) is 17.3 Å². The minimum Gasteiger partial charge on any atom is -0.370 e. The van der Waals surface area contributed by atoms with Crippen LogP contribution >= 0.6 is 0 Å². The fraction of sp³-hybridized carbons (Fsp3) is 0.900. The summed E-state index contributed by atoms with van der Waals surface area (Å²) < 4.78 is 5.41. The first-order chi connectivity index (χ1) is 5.43. The fourth-order valence-electron chi connectivity index (χ4n) is 1.18. The molecule has 1 unspecified atom stereocenters. The van der Waals surface area contributed by atoms with Crippen LogP contribution < -0.4 is 0 Å². The molecule has 0 amide bonds. The lowest BCUT2D eigenvalue weighted by Crippen LogP contribution is -2.36. The van der Waals surface area contributed by atoms with Gasteiger partial charge in [0, 0.05) is 13.0 Å². The van der Waals surface area contributed by atoms with Crippen LogP contribution in [-0.4, -0.2) is 18.5 Å². The Balaban J connectivity index is 4.33. The maximum atomic E-state index is 11.4. The maximum Gasteiger partial charge on any atom is 0.161 e. The van der Waals surface area contributed by atoms with Gasteiger partial charge in [-0.15, -0.1) is 0 Å². The lowest BCUT2D eigenvalue weighted by molar-refractivity contribution is -0.136. The molecule has 12 heavy (non-hydrogen) atoms. The number of hydrogen-bond donors (Lipinski definition) is 0. The second-order valence-corrected chi connectivity index (χ2v) is 4.02. The lowest BCUT2D eigenvalue weighted by atomic mass is 9.86. The van der Waals surface area contributed by atoms with Gasteiger partial charge in [-0.1, -0.05) is 27.7 Å². The third-order valence-corrected chi connectivity index (χ3v) is 1.76. The van der Waals surface area contributed by atoms with E-state index in [9.17, 15) is 4.79 Å². The molecule has 0 saturated carbocycles. The predicted molar refractivity (Wildman–Crippen MR) is 50.2 cm³/mol. The van der Waals surface area contributed by atoms with E-state index in [0.717, 1.165) is 0 Å². The van der Waals surface area contributed by atoms with Gasteiger partial charge in [-0.25, -0.2) is 0 Å². The normalized spacial score (nSPS) is 14.4. The highest BCUT2D eigenvalue weighted by Gasteiger charge is 2.30. The molecule has 0 aliphatic rings. The zero-order chi connectivity index (χ0) is 9.78. The molecule has 0 bridgehead atoms. The summed E-state index contributed by atoms with van der Waals surface area (Å²) in [7, 11) is 0. The van der Waals surface area contributed by atoms with Crippen molar-refractivity contribution in [3.8, 4) is 0 Å². The molecular weight excluding hydrogens is 152 g/mol. The van der Waals surface area contributed by atoms with Crippen LogP contribution in [0.15, 0.2) is 0 Å². The van der Waals surface area contributed by atoms with E-state index >= 15 is 0 Å². The summed E-state index contributed by atoms with van der Waals surface area (Å²) in [4.78, 5) is 11.4. The SMILES string of the molecule is CCOC(C(=O)CC)C(C)(C)C. The second-order valence-electron chi connectivity index (χ2n) is 4.02. The number of ketones is 1. The Morgan fingerprint density at radius 2 is 1.83 bits per heavy atom. The van der Waals surface area contributed by atoms with Crippen molar-refractivity contribution in [1.29, 1.82) is 0 Å². The summed E-state index contributed by atoms with van der Waals surface area (Å²) in [5.74, 6) is 0.198. The molecule has 0 heterocycles. The minimum absolute atomic E-state index is 0.0803. The van der Waals surface area contributed by atoms with Crippen molar-refractivity contribution in [3.05, 3.63) is 0 Å². The number of carbonyl (C=O) groups is 1. The average Bonchev–Trinajstić information content (AvgIpc) is 1.96. The number of hydrogen-bond acceptors (Lipinski definition) is 2. The summed E-state index contributed by atoms with van der Waals surface area (Å²) in [6.07, 6.45) is 0.314. The van der Waals surface area contributed by atoms with Gasteiger partial charge in [0.25, 0.3) is 0 Å². The topological polar surface area (TPSA) is 26.3 Å². The molecule has 0 rings (SSSR count). The zero-order valence-electron chi connectivity index (χ0n) is 8.81. The quantitative estimate of drug-likeness (QED) is 0.651. The molecule has 0 aromatic carbocycles. The Morgan fingerprint density at radius 1 is 1.33 bits per heavy atom. The molecule has 2 heteroatoms. The Hall–Kier alpha value is -0.370. The molecule has 0 aliphatic carbocycles. The lowest BCUT2D eigenvalue weighted by Gasteiger charge is -2.28. The van der Waals surface area contributed by atoms with Gasteiger partial charge >= 0.3 is 0 Å². The smallest absolute Gasteiger partial charge is 0.161 e. The third-order valence-electron chi connectivity index (χ3n) is 1.76. The summed E-state index contributed by atoms with van der Waals surface area (Å²) in [5, 5.41) is 0. The molecule has 0 aliphatic heterocycles. The van der Waals surface area contributed by atoms with Gasteiger partial charge in [0.15, 0.2) is 5.78 Å². The number of Topliss-reactive ketones (excluding diaryl/α,β-unsaturated/α-hetero) is 1. The Morgan fingerprint density at radius 3 is 2.08 bits per heavy atom. The standard InChI is InChI=1S/C10H20O2/c1-6-8(11)9(12-7-2)10(3,4)5/h9H,6-7H2,1-5H3. The number of rotatable bonds is 4. The van der Waals surface area contributed by atoms with Gasteiger partial charge < -0.3 is 4.74 Å². The van der Waals surface area contributed by atoms with Gasteiger partial charge in [0.05, 0.1) is 0 Å². The first-order valence-corrected chi connectivity index (χ1v) is 4.57. The van der Waals surface area contributed by atoms with Crippen molar-refractivity contribution < 1.29 is 9.53 Å². The van der Waals surface area contributed by atoms with Crippen LogP contribution in [0.2, 0.25) is 0 Å². The summed E-state index contributed by atoms with van der Waals surface area (Å²) in [6.45, 7) is 10.5.